The first kappa shape index (κ1) is 29.1. The lowest BCUT2D eigenvalue weighted by Crippen LogP contribution is -2.55. The van der Waals surface area contributed by atoms with Gasteiger partial charge in [-0.2, -0.15) is 0 Å². The number of carboxylic acids is 1. The van der Waals surface area contributed by atoms with Gasteiger partial charge in [0.2, 0.25) is 17.7 Å². The molecule has 3 amide bonds. The predicted molar refractivity (Wildman–Crippen MR) is 136 cm³/mol. The highest BCUT2D eigenvalue weighted by Crippen LogP contribution is 2.19. The Morgan fingerprint density at radius 2 is 1.78 bits per heavy atom. The fraction of sp³-hybridized carbons (Fsp3) is 0.435. The zero-order valence-corrected chi connectivity index (χ0v) is 20.4. The number of nitrogens with one attached hydrogen (secondary N) is 4. The van der Waals surface area contributed by atoms with Crippen LogP contribution in [0.15, 0.2) is 35.5 Å². The molecule has 14 nitrogen and oxygen atoms in total. The van der Waals surface area contributed by atoms with Crippen LogP contribution in [0.4, 0.5) is 0 Å². The molecule has 0 spiro atoms. The number of hydrogen-bond acceptors (Lipinski definition) is 7. The van der Waals surface area contributed by atoms with Gasteiger partial charge < -0.3 is 48.3 Å². The Balaban J connectivity index is 1.98. The van der Waals surface area contributed by atoms with Gasteiger partial charge in [0.25, 0.3) is 0 Å². The third kappa shape index (κ3) is 9.09. The highest BCUT2D eigenvalue weighted by atomic mass is 16.4. The van der Waals surface area contributed by atoms with Crippen molar-refractivity contribution in [2.75, 3.05) is 13.1 Å². The summed E-state index contributed by atoms with van der Waals surface area (Å²) in [7, 11) is 0. The molecule has 12 N–H and O–H groups in total. The van der Waals surface area contributed by atoms with E-state index in [9.17, 15) is 29.4 Å². The molecule has 0 saturated carbocycles. The first-order valence-corrected chi connectivity index (χ1v) is 11.6. The molecule has 4 atom stereocenters. The summed E-state index contributed by atoms with van der Waals surface area (Å²) in [5.74, 6) is -3.55. The zero-order valence-electron chi connectivity index (χ0n) is 20.4. The van der Waals surface area contributed by atoms with E-state index in [2.05, 4.69) is 25.9 Å². The first-order valence-electron chi connectivity index (χ1n) is 11.6. The summed E-state index contributed by atoms with van der Waals surface area (Å²) in [6.07, 6.45) is 0.988. The first-order chi connectivity index (χ1) is 17.5. The van der Waals surface area contributed by atoms with E-state index in [4.69, 9.17) is 17.2 Å². The second kappa shape index (κ2) is 13.8. The van der Waals surface area contributed by atoms with Gasteiger partial charge in [0.15, 0.2) is 5.96 Å². The van der Waals surface area contributed by atoms with E-state index >= 15 is 0 Å². The number of benzene rings is 1. The lowest BCUT2D eigenvalue weighted by Gasteiger charge is -2.22. The van der Waals surface area contributed by atoms with E-state index in [1.165, 1.54) is 6.92 Å². The number of para-hydroxylation sites is 1. The van der Waals surface area contributed by atoms with Gasteiger partial charge in [0, 0.05) is 30.1 Å². The summed E-state index contributed by atoms with van der Waals surface area (Å²) in [4.78, 5) is 56.0. The fourth-order valence-electron chi connectivity index (χ4n) is 3.52. The molecular formula is C23H34N8O6. The Hall–Kier alpha value is -4.17. The molecule has 202 valence electrons. The summed E-state index contributed by atoms with van der Waals surface area (Å²) >= 11 is 0. The van der Waals surface area contributed by atoms with Crippen molar-refractivity contribution in [2.45, 2.75) is 50.4 Å². The van der Waals surface area contributed by atoms with Gasteiger partial charge in [-0.25, -0.2) is 4.79 Å². The van der Waals surface area contributed by atoms with E-state index in [1.807, 2.05) is 24.3 Å². The number of aromatic nitrogens is 1. The maximum Gasteiger partial charge on any atom is 0.326 e. The maximum atomic E-state index is 12.7. The number of carbonyl (C=O) groups excluding carboxylic acids is 3. The number of aliphatic hydroxyl groups excluding tert-OH is 1. The number of nitrogens with two attached hydrogens (primary N) is 3. The molecule has 37 heavy (non-hydrogen) atoms. The zero-order chi connectivity index (χ0) is 27.5. The van der Waals surface area contributed by atoms with Crippen molar-refractivity contribution in [3.05, 3.63) is 36.0 Å². The number of amides is 3. The van der Waals surface area contributed by atoms with Crippen molar-refractivity contribution in [3.63, 3.8) is 0 Å². The molecule has 0 aliphatic rings. The average molecular weight is 519 g/mol. The van der Waals surface area contributed by atoms with Crippen LogP contribution < -0.4 is 33.2 Å². The van der Waals surface area contributed by atoms with Crippen molar-refractivity contribution in [3.8, 4) is 0 Å². The highest BCUT2D eigenvalue weighted by Gasteiger charge is 2.27. The fourth-order valence-corrected chi connectivity index (χ4v) is 3.52. The number of nitrogens with zero attached hydrogens (tertiary/aromatic N) is 1. The van der Waals surface area contributed by atoms with Crippen LogP contribution in [-0.2, 0) is 25.6 Å². The molecule has 1 aromatic carbocycles. The van der Waals surface area contributed by atoms with E-state index in [1.54, 1.807) is 6.20 Å². The molecule has 0 aliphatic heterocycles. The number of fused-ring (bicyclic) bond motifs is 1. The van der Waals surface area contributed by atoms with Crippen LogP contribution in [-0.4, -0.2) is 82.2 Å². The Morgan fingerprint density at radius 3 is 2.43 bits per heavy atom. The number of aliphatic hydroxyl groups is 1. The normalized spacial score (nSPS) is 14.1. The Labute approximate surface area is 213 Å². The van der Waals surface area contributed by atoms with Gasteiger partial charge in [0.05, 0.1) is 12.6 Å². The van der Waals surface area contributed by atoms with Crippen LogP contribution >= 0.6 is 0 Å². The number of aromatic amines is 1. The summed E-state index contributed by atoms with van der Waals surface area (Å²) in [6, 6.07) is 3.76. The van der Waals surface area contributed by atoms with E-state index in [0.29, 0.717) is 12.0 Å². The average Bonchev–Trinajstić information content (AvgIpc) is 3.25. The maximum absolute atomic E-state index is 12.7. The second-order valence-corrected chi connectivity index (χ2v) is 8.52. The quantitative estimate of drug-likeness (QED) is 0.0735. The number of guanidine groups is 1. The molecule has 2 rings (SSSR count). The van der Waals surface area contributed by atoms with Crippen molar-refractivity contribution in [1.29, 1.82) is 0 Å². The molecule has 0 aliphatic carbocycles. The molecule has 0 bridgehead atoms. The standard InChI is InChI=1S/C23H34N8O6/c1-12(32)19(24)21(35)31-16(7-4-8-27-23(25)26)20(34)29-11-18(33)30-17(22(36)37)9-13-10-28-15-6-3-2-5-14(13)15/h2-3,5-6,10,12,16-17,19,28,32H,4,7-9,11,24H2,1H3,(H,29,34)(H,30,33)(H,31,35)(H,36,37)(H4,25,26,27). The monoisotopic (exact) mass is 518 g/mol. The summed E-state index contributed by atoms with van der Waals surface area (Å²) in [5, 5.41) is 27.2. The SMILES string of the molecule is CC(O)C(N)C(=O)NC(CCCN=C(N)N)C(=O)NCC(=O)NC(Cc1c[nH]c2ccccc12)C(=O)O. The Bertz CT molecular complexity index is 1130. The van der Waals surface area contributed by atoms with Gasteiger partial charge in [-0.3, -0.25) is 19.4 Å². The number of H-pyrrole nitrogens is 1. The van der Waals surface area contributed by atoms with Gasteiger partial charge in [-0.05, 0) is 31.4 Å². The van der Waals surface area contributed by atoms with Crippen molar-refractivity contribution < 1.29 is 29.4 Å². The van der Waals surface area contributed by atoms with Gasteiger partial charge in [0.1, 0.15) is 18.1 Å². The van der Waals surface area contributed by atoms with Crippen LogP contribution in [0.1, 0.15) is 25.3 Å². The van der Waals surface area contributed by atoms with E-state index < -0.39 is 54.5 Å². The lowest BCUT2D eigenvalue weighted by molar-refractivity contribution is -0.141. The smallest absolute Gasteiger partial charge is 0.326 e. The van der Waals surface area contributed by atoms with Crippen LogP contribution in [0.25, 0.3) is 10.9 Å². The molecule has 0 fully saturated rings. The molecule has 2 aromatic rings. The molecule has 1 aromatic heterocycles. The topological polar surface area (TPSA) is 251 Å². The molecule has 0 saturated heterocycles. The van der Waals surface area contributed by atoms with Gasteiger partial charge in [-0.1, -0.05) is 18.2 Å². The highest BCUT2D eigenvalue weighted by molar-refractivity contribution is 5.93. The number of carbonyl (C=O) groups is 4. The minimum absolute atomic E-state index is 0.0275. The lowest BCUT2D eigenvalue weighted by atomic mass is 10.0. The molecular weight excluding hydrogens is 484 g/mol. The molecule has 14 heteroatoms. The number of hydrogen-bond donors (Lipinski definition) is 9. The van der Waals surface area contributed by atoms with Gasteiger partial charge in [-0.15, -0.1) is 0 Å². The van der Waals surface area contributed by atoms with Gasteiger partial charge >= 0.3 is 5.97 Å². The number of carboxylic acid groups (broad SMARTS) is 1. The second-order valence-electron chi connectivity index (χ2n) is 8.52. The number of aliphatic imine (C=N–C) groups is 1. The van der Waals surface area contributed by atoms with Crippen molar-refractivity contribution in [2.24, 2.45) is 22.2 Å². The third-order valence-corrected chi connectivity index (χ3v) is 5.56. The third-order valence-electron chi connectivity index (χ3n) is 5.56. The van der Waals surface area contributed by atoms with E-state index in [-0.39, 0.29) is 25.3 Å². The summed E-state index contributed by atoms with van der Waals surface area (Å²) in [6.45, 7) is 0.996. The summed E-state index contributed by atoms with van der Waals surface area (Å²) in [5.41, 5.74) is 17.7. The Kier molecular flexibility index (Phi) is 10.8. The minimum atomic E-state index is -1.27. The van der Waals surface area contributed by atoms with Crippen LogP contribution in [0.3, 0.4) is 0 Å². The molecule has 4 unspecified atom stereocenters. The van der Waals surface area contributed by atoms with Crippen LogP contribution in [0.5, 0.6) is 0 Å². The minimum Gasteiger partial charge on any atom is -0.480 e. The van der Waals surface area contributed by atoms with Crippen LogP contribution in [0, 0.1) is 0 Å². The van der Waals surface area contributed by atoms with E-state index in [0.717, 1.165) is 10.9 Å². The van der Waals surface area contributed by atoms with Crippen LogP contribution in [0.2, 0.25) is 0 Å². The molecule has 1 heterocycles. The summed E-state index contributed by atoms with van der Waals surface area (Å²) < 4.78 is 0. The number of aliphatic carboxylic acids is 1. The van der Waals surface area contributed by atoms with Crippen molar-refractivity contribution >= 4 is 40.6 Å². The number of rotatable bonds is 14. The largest absolute Gasteiger partial charge is 0.480 e. The van der Waals surface area contributed by atoms with Crippen molar-refractivity contribution in [1.82, 2.24) is 20.9 Å². The molecule has 0 radical (unpaired) electrons. The predicted octanol–water partition coefficient (Wildman–Crippen LogP) is -2.36. The Morgan fingerprint density at radius 1 is 1.08 bits per heavy atom.